The largest absolute Gasteiger partial charge is 0.378 e. The molecule has 0 radical (unpaired) electrons. The van der Waals surface area contributed by atoms with Gasteiger partial charge < -0.3 is 30.8 Å². The minimum atomic E-state index is -0.887. The Hall–Kier alpha value is -2.95. The van der Waals surface area contributed by atoms with Crippen molar-refractivity contribution < 1.29 is 19.5 Å². The van der Waals surface area contributed by atoms with Crippen molar-refractivity contribution in [3.8, 4) is 0 Å². The summed E-state index contributed by atoms with van der Waals surface area (Å²) in [6, 6.07) is 7.72. The van der Waals surface area contributed by atoms with Crippen LogP contribution in [0.15, 0.2) is 65.1 Å². The molecule has 0 aromatic heterocycles. The fraction of sp³-hybridized carbons (Fsp3) is 0.375. The van der Waals surface area contributed by atoms with Crippen molar-refractivity contribution in [3.63, 3.8) is 0 Å². The summed E-state index contributed by atoms with van der Waals surface area (Å²) in [7, 11) is 0. The third-order valence-corrected chi connectivity index (χ3v) is 6.59. The quantitative estimate of drug-likeness (QED) is 0.297. The first-order chi connectivity index (χ1) is 16.4. The van der Waals surface area contributed by atoms with Gasteiger partial charge in [0.15, 0.2) is 0 Å². The fourth-order valence-corrected chi connectivity index (χ4v) is 4.69. The van der Waals surface area contributed by atoms with Gasteiger partial charge in [-0.2, -0.15) is 0 Å². The number of aldehydes is 1. The number of aliphatic hydroxyl groups is 1. The smallest absolute Gasteiger partial charge is 0.269 e. The van der Waals surface area contributed by atoms with Crippen molar-refractivity contribution in [3.05, 3.63) is 70.6 Å². The van der Waals surface area contributed by atoms with Gasteiger partial charge in [-0.3, -0.25) is 14.9 Å². The zero-order chi connectivity index (χ0) is 24.1. The maximum absolute atomic E-state index is 13.2. The summed E-state index contributed by atoms with van der Waals surface area (Å²) in [6.45, 7) is 0.666. The standard InChI is InChI=1S/C24H28BrN5O4/c25-17-6-7-21-28-20(13-30(21)12-17)24(34)29-19(10-15-4-2-1-3-5-15)23(33)27-18(14-31)11-16-8-9-26-22(16)32/h1-7,12-14,16,18-19,21-22,26,28,32H,8-11H2,(H,27,33)(H,29,34)/t16-,18-,19-,21?,22?/m0/s1. The molecule has 10 heteroatoms. The second-order valence-electron chi connectivity index (χ2n) is 8.60. The van der Waals surface area contributed by atoms with Crippen LogP contribution in [0.25, 0.3) is 0 Å². The van der Waals surface area contributed by atoms with Crippen LogP contribution in [0.3, 0.4) is 0 Å². The van der Waals surface area contributed by atoms with Gasteiger partial charge in [-0.15, -0.1) is 0 Å². The van der Waals surface area contributed by atoms with Crippen molar-refractivity contribution in [2.24, 2.45) is 5.92 Å². The molecule has 1 aromatic carbocycles. The summed E-state index contributed by atoms with van der Waals surface area (Å²) >= 11 is 3.42. The molecule has 9 nitrogen and oxygen atoms in total. The van der Waals surface area contributed by atoms with E-state index in [1.54, 1.807) is 6.20 Å². The number of amides is 2. The maximum atomic E-state index is 13.2. The van der Waals surface area contributed by atoms with Gasteiger partial charge in [-0.25, -0.2) is 0 Å². The lowest BCUT2D eigenvalue weighted by atomic mass is 9.97. The van der Waals surface area contributed by atoms with E-state index in [1.165, 1.54) is 0 Å². The lowest BCUT2D eigenvalue weighted by molar-refractivity contribution is -0.129. The molecule has 2 amide bonds. The van der Waals surface area contributed by atoms with Gasteiger partial charge in [0, 0.05) is 29.2 Å². The summed E-state index contributed by atoms with van der Waals surface area (Å²) in [6.07, 6.45) is 8.48. The average Bonchev–Trinajstić information content (AvgIpc) is 3.44. The average molecular weight is 530 g/mol. The number of halogens is 1. The summed E-state index contributed by atoms with van der Waals surface area (Å²) in [5.74, 6) is -0.988. The van der Waals surface area contributed by atoms with Gasteiger partial charge in [0.2, 0.25) is 5.91 Å². The van der Waals surface area contributed by atoms with E-state index in [9.17, 15) is 19.5 Å². The third-order valence-electron chi connectivity index (χ3n) is 6.13. The molecular formula is C24H28BrN5O4. The number of benzene rings is 1. The molecule has 34 heavy (non-hydrogen) atoms. The minimum Gasteiger partial charge on any atom is -0.378 e. The molecule has 180 valence electrons. The van der Waals surface area contributed by atoms with E-state index in [4.69, 9.17) is 0 Å². The molecule has 3 aliphatic heterocycles. The highest BCUT2D eigenvalue weighted by atomic mass is 79.9. The van der Waals surface area contributed by atoms with Gasteiger partial charge in [-0.05, 0) is 53.0 Å². The highest BCUT2D eigenvalue weighted by molar-refractivity contribution is 9.11. The topological polar surface area (TPSA) is 123 Å². The molecule has 1 aromatic rings. The summed E-state index contributed by atoms with van der Waals surface area (Å²) in [5.41, 5.74) is 1.22. The second kappa shape index (κ2) is 11.0. The van der Waals surface area contributed by atoms with E-state index < -0.39 is 30.1 Å². The van der Waals surface area contributed by atoms with Crippen LogP contribution in [0, 0.1) is 5.92 Å². The molecule has 3 aliphatic rings. The monoisotopic (exact) mass is 529 g/mol. The zero-order valence-corrected chi connectivity index (χ0v) is 20.1. The lowest BCUT2D eigenvalue weighted by Crippen LogP contribution is -2.52. The Balaban J connectivity index is 1.44. The Kier molecular flexibility index (Phi) is 7.81. The number of carbonyl (C=O) groups excluding carboxylic acids is 3. The number of nitrogens with one attached hydrogen (secondary N) is 4. The number of fused-ring (bicyclic) bond motifs is 1. The first-order valence-electron chi connectivity index (χ1n) is 11.3. The number of hydrogen-bond acceptors (Lipinski definition) is 7. The van der Waals surface area contributed by atoms with Crippen LogP contribution in [0.5, 0.6) is 0 Å². The van der Waals surface area contributed by atoms with Crippen LogP contribution >= 0.6 is 15.9 Å². The van der Waals surface area contributed by atoms with Gasteiger partial charge in [0.05, 0.1) is 6.04 Å². The second-order valence-corrected chi connectivity index (χ2v) is 9.52. The fourth-order valence-electron chi connectivity index (χ4n) is 4.30. The van der Waals surface area contributed by atoms with Crippen molar-refractivity contribution in [2.45, 2.75) is 43.7 Å². The molecule has 4 rings (SSSR count). The summed E-state index contributed by atoms with van der Waals surface area (Å²) < 4.78 is 0.882. The summed E-state index contributed by atoms with van der Waals surface area (Å²) in [5, 5.41) is 21.6. The number of aliphatic hydroxyl groups excluding tert-OH is 1. The molecule has 1 saturated heterocycles. The van der Waals surface area contributed by atoms with Crippen LogP contribution < -0.4 is 21.3 Å². The Morgan fingerprint density at radius 3 is 2.74 bits per heavy atom. The number of carbonyl (C=O) groups is 3. The van der Waals surface area contributed by atoms with Crippen LogP contribution in [0.1, 0.15) is 18.4 Å². The SMILES string of the molecule is O=C[C@H](C[C@@H]1CCNC1O)NC(=O)[C@H](Cc1ccccc1)NC(=O)C1=CN2C=C(Br)C=CC2N1. The molecule has 2 unspecified atom stereocenters. The van der Waals surface area contributed by atoms with Crippen molar-refractivity contribution in [1.29, 1.82) is 0 Å². The molecule has 0 aliphatic carbocycles. The van der Waals surface area contributed by atoms with Gasteiger partial charge >= 0.3 is 0 Å². The van der Waals surface area contributed by atoms with Crippen LogP contribution in [-0.4, -0.2) is 59.1 Å². The zero-order valence-electron chi connectivity index (χ0n) is 18.5. The highest BCUT2D eigenvalue weighted by Crippen LogP contribution is 2.22. The molecular weight excluding hydrogens is 502 g/mol. The normalized spacial score (nSPS) is 24.9. The first-order valence-corrected chi connectivity index (χ1v) is 12.1. The van der Waals surface area contributed by atoms with Crippen LogP contribution in [-0.2, 0) is 20.8 Å². The predicted octanol–water partition coefficient (Wildman–Crippen LogP) is 0.594. The molecule has 5 N–H and O–H groups in total. The van der Waals surface area contributed by atoms with Crippen LogP contribution in [0.2, 0.25) is 0 Å². The van der Waals surface area contributed by atoms with Crippen molar-refractivity contribution in [2.75, 3.05) is 6.54 Å². The molecule has 3 heterocycles. The lowest BCUT2D eigenvalue weighted by Gasteiger charge is -2.24. The Morgan fingerprint density at radius 2 is 2.03 bits per heavy atom. The molecule has 0 saturated carbocycles. The van der Waals surface area contributed by atoms with E-state index in [0.717, 1.165) is 16.5 Å². The van der Waals surface area contributed by atoms with Gasteiger partial charge in [-0.1, -0.05) is 30.3 Å². The maximum Gasteiger partial charge on any atom is 0.269 e. The molecule has 0 spiro atoms. The number of rotatable bonds is 9. The Bertz CT molecular complexity index is 1010. The highest BCUT2D eigenvalue weighted by Gasteiger charge is 2.32. The third kappa shape index (κ3) is 5.94. The van der Waals surface area contributed by atoms with E-state index in [0.29, 0.717) is 24.9 Å². The minimum absolute atomic E-state index is 0.122. The number of hydrogen-bond donors (Lipinski definition) is 5. The van der Waals surface area contributed by atoms with E-state index in [1.807, 2.05) is 53.6 Å². The van der Waals surface area contributed by atoms with Crippen molar-refractivity contribution >= 4 is 34.0 Å². The Labute approximate surface area is 206 Å². The van der Waals surface area contributed by atoms with Crippen molar-refractivity contribution in [1.82, 2.24) is 26.2 Å². The van der Waals surface area contributed by atoms with E-state index >= 15 is 0 Å². The van der Waals surface area contributed by atoms with E-state index in [-0.39, 0.29) is 18.5 Å². The van der Waals surface area contributed by atoms with Crippen LogP contribution in [0.4, 0.5) is 0 Å². The number of allylic oxidation sites excluding steroid dienone is 2. The summed E-state index contributed by atoms with van der Waals surface area (Å²) in [4.78, 5) is 39.7. The van der Waals surface area contributed by atoms with E-state index in [2.05, 4.69) is 37.2 Å². The first kappa shape index (κ1) is 24.2. The Morgan fingerprint density at radius 1 is 1.24 bits per heavy atom. The van der Waals surface area contributed by atoms with Gasteiger partial charge in [0.1, 0.15) is 30.4 Å². The van der Waals surface area contributed by atoms with Gasteiger partial charge in [0.25, 0.3) is 5.91 Å². The predicted molar refractivity (Wildman–Crippen MR) is 130 cm³/mol. The number of nitrogens with zero attached hydrogens (tertiary/aromatic N) is 1. The molecule has 1 fully saturated rings. The molecule has 0 bridgehead atoms. The molecule has 5 atom stereocenters.